The van der Waals surface area contributed by atoms with Gasteiger partial charge in [-0.3, -0.25) is 0 Å². The SMILES string of the molecule is C=C(C)C(=O)OCC(C)[N+](C)(C)Cc1ccccc1.[Cl-]. The van der Waals surface area contributed by atoms with Crippen molar-refractivity contribution >= 4 is 5.97 Å². The first-order valence-corrected chi connectivity index (χ1v) is 6.52. The number of halogens is 1. The van der Waals surface area contributed by atoms with Crippen LogP contribution in [0.15, 0.2) is 42.5 Å². The zero-order valence-electron chi connectivity index (χ0n) is 12.7. The minimum Gasteiger partial charge on any atom is -1.00 e. The Morgan fingerprint density at radius 3 is 2.35 bits per heavy atom. The normalized spacial score (nSPS) is 12.2. The van der Waals surface area contributed by atoms with Crippen molar-refractivity contribution in [1.29, 1.82) is 0 Å². The summed E-state index contributed by atoms with van der Waals surface area (Å²) in [6.45, 7) is 8.66. The molecule has 20 heavy (non-hydrogen) atoms. The van der Waals surface area contributed by atoms with Crippen LogP contribution in [-0.2, 0) is 16.1 Å². The lowest BCUT2D eigenvalue weighted by molar-refractivity contribution is -0.926. The maximum atomic E-state index is 11.4. The fraction of sp³-hybridized carbons (Fsp3) is 0.438. The maximum absolute atomic E-state index is 11.4. The van der Waals surface area contributed by atoms with E-state index in [2.05, 4.69) is 39.7 Å². The lowest BCUT2D eigenvalue weighted by Gasteiger charge is -2.35. The largest absolute Gasteiger partial charge is 1.00 e. The number of benzene rings is 1. The lowest BCUT2D eigenvalue weighted by Crippen LogP contribution is -3.00. The average molecular weight is 298 g/mol. The third-order valence-electron chi connectivity index (χ3n) is 3.43. The molecular weight excluding hydrogens is 274 g/mol. The van der Waals surface area contributed by atoms with E-state index in [1.807, 2.05) is 18.2 Å². The van der Waals surface area contributed by atoms with Crippen molar-refractivity contribution in [2.75, 3.05) is 20.7 Å². The van der Waals surface area contributed by atoms with Crippen LogP contribution in [-0.4, -0.2) is 37.2 Å². The highest BCUT2D eigenvalue weighted by Gasteiger charge is 2.25. The monoisotopic (exact) mass is 297 g/mol. The van der Waals surface area contributed by atoms with Gasteiger partial charge in [-0.2, -0.15) is 0 Å². The molecule has 0 aliphatic heterocycles. The molecule has 1 atom stereocenters. The molecule has 0 radical (unpaired) electrons. The van der Waals surface area contributed by atoms with Crippen molar-refractivity contribution in [2.24, 2.45) is 0 Å². The van der Waals surface area contributed by atoms with Crippen LogP contribution < -0.4 is 12.4 Å². The Bertz CT molecular complexity index is 443. The van der Waals surface area contributed by atoms with Crippen LogP contribution in [0.1, 0.15) is 19.4 Å². The van der Waals surface area contributed by atoms with Crippen LogP contribution in [0.4, 0.5) is 0 Å². The molecule has 0 aromatic heterocycles. The van der Waals surface area contributed by atoms with Crippen LogP contribution >= 0.6 is 0 Å². The Kier molecular flexibility index (Phi) is 7.54. The Hall–Kier alpha value is -1.32. The summed E-state index contributed by atoms with van der Waals surface area (Å²) in [5.74, 6) is -0.313. The van der Waals surface area contributed by atoms with Crippen molar-refractivity contribution in [1.82, 2.24) is 0 Å². The van der Waals surface area contributed by atoms with Crippen molar-refractivity contribution in [3.05, 3.63) is 48.0 Å². The summed E-state index contributed by atoms with van der Waals surface area (Å²) >= 11 is 0. The number of carbonyl (C=O) groups excluding carboxylic acids is 1. The van der Waals surface area contributed by atoms with Gasteiger partial charge >= 0.3 is 5.97 Å². The summed E-state index contributed by atoms with van der Waals surface area (Å²) in [5.41, 5.74) is 1.73. The summed E-state index contributed by atoms with van der Waals surface area (Å²) in [5, 5.41) is 0. The van der Waals surface area contributed by atoms with E-state index < -0.39 is 0 Å². The Morgan fingerprint density at radius 2 is 1.85 bits per heavy atom. The van der Waals surface area contributed by atoms with Crippen molar-refractivity contribution in [2.45, 2.75) is 26.4 Å². The minimum absolute atomic E-state index is 0. The molecule has 0 spiro atoms. The molecule has 0 heterocycles. The molecule has 3 nitrogen and oxygen atoms in total. The van der Waals surface area contributed by atoms with E-state index in [-0.39, 0.29) is 24.4 Å². The first-order valence-electron chi connectivity index (χ1n) is 6.52. The third kappa shape index (κ3) is 5.76. The minimum atomic E-state index is -0.313. The summed E-state index contributed by atoms with van der Waals surface area (Å²) in [4.78, 5) is 11.4. The van der Waals surface area contributed by atoms with Crippen LogP contribution in [0.2, 0.25) is 0 Å². The van der Waals surface area contributed by atoms with Gasteiger partial charge in [0.2, 0.25) is 0 Å². The topological polar surface area (TPSA) is 26.3 Å². The second-order valence-electron chi connectivity index (χ2n) is 5.65. The summed E-state index contributed by atoms with van der Waals surface area (Å²) < 4.78 is 6.01. The second kappa shape index (κ2) is 8.08. The maximum Gasteiger partial charge on any atom is 0.333 e. The predicted molar refractivity (Wildman–Crippen MR) is 77.5 cm³/mol. The summed E-state index contributed by atoms with van der Waals surface area (Å²) in [6, 6.07) is 10.6. The summed E-state index contributed by atoms with van der Waals surface area (Å²) in [7, 11) is 4.29. The molecule has 0 aliphatic carbocycles. The number of ether oxygens (including phenoxy) is 1. The zero-order valence-corrected chi connectivity index (χ0v) is 13.5. The lowest BCUT2D eigenvalue weighted by atomic mass is 10.1. The van der Waals surface area contributed by atoms with Crippen LogP contribution in [0, 0.1) is 0 Å². The first kappa shape index (κ1) is 18.7. The van der Waals surface area contributed by atoms with Crippen LogP contribution in [0.3, 0.4) is 0 Å². The van der Waals surface area contributed by atoms with Crippen molar-refractivity contribution in [3.8, 4) is 0 Å². The van der Waals surface area contributed by atoms with Gasteiger partial charge in [-0.05, 0) is 13.8 Å². The Labute approximate surface area is 128 Å². The van der Waals surface area contributed by atoms with Crippen molar-refractivity contribution < 1.29 is 26.4 Å². The number of hydrogen-bond acceptors (Lipinski definition) is 2. The molecule has 0 fully saturated rings. The standard InChI is InChI=1S/C16H24NO2.ClH/c1-13(2)16(18)19-12-14(3)17(4,5)11-15-9-7-6-8-10-15;/h6-10,14H,1,11-12H2,2-5H3;1H/q+1;/p-1. The molecule has 0 amide bonds. The van der Waals surface area contributed by atoms with E-state index in [0.717, 1.165) is 11.0 Å². The van der Waals surface area contributed by atoms with Gasteiger partial charge in [0.25, 0.3) is 0 Å². The summed E-state index contributed by atoms with van der Waals surface area (Å²) in [6.07, 6.45) is 0. The van der Waals surface area contributed by atoms with Gasteiger partial charge in [0.15, 0.2) is 0 Å². The number of carbonyl (C=O) groups is 1. The Balaban J connectivity index is 0.00000361. The van der Waals surface area contributed by atoms with E-state index in [1.54, 1.807) is 6.92 Å². The molecule has 4 heteroatoms. The molecule has 0 saturated heterocycles. The van der Waals surface area contributed by atoms with Gasteiger partial charge in [-0.25, -0.2) is 4.79 Å². The molecule has 1 unspecified atom stereocenters. The molecular formula is C16H24ClNO2. The Morgan fingerprint density at radius 1 is 1.30 bits per heavy atom. The zero-order chi connectivity index (χ0) is 14.5. The molecule has 1 aromatic carbocycles. The molecule has 0 bridgehead atoms. The number of hydrogen-bond donors (Lipinski definition) is 0. The third-order valence-corrected chi connectivity index (χ3v) is 3.43. The highest BCUT2D eigenvalue weighted by atomic mass is 35.5. The predicted octanol–water partition coefficient (Wildman–Crippen LogP) is -0.225. The molecule has 1 aromatic rings. The number of esters is 1. The molecule has 112 valence electrons. The highest BCUT2D eigenvalue weighted by Crippen LogP contribution is 2.14. The van der Waals surface area contributed by atoms with Gasteiger partial charge in [0.1, 0.15) is 19.2 Å². The van der Waals surface area contributed by atoms with Gasteiger partial charge < -0.3 is 21.6 Å². The number of nitrogens with zero attached hydrogens (tertiary/aromatic N) is 1. The number of likely N-dealkylation sites (N-methyl/N-ethyl adjacent to an activating group) is 1. The van der Waals surface area contributed by atoms with Gasteiger partial charge in [0.05, 0.1) is 14.1 Å². The smallest absolute Gasteiger partial charge is 0.333 e. The quantitative estimate of drug-likeness (QED) is 0.412. The molecule has 1 rings (SSSR count). The molecule has 0 aliphatic rings. The van der Waals surface area contributed by atoms with Crippen LogP contribution in [0.5, 0.6) is 0 Å². The first-order chi connectivity index (χ1) is 8.83. The fourth-order valence-electron chi connectivity index (χ4n) is 1.73. The second-order valence-corrected chi connectivity index (χ2v) is 5.65. The van der Waals surface area contributed by atoms with Crippen LogP contribution in [0.25, 0.3) is 0 Å². The number of rotatable bonds is 6. The molecule has 0 saturated carbocycles. The van der Waals surface area contributed by atoms with E-state index in [9.17, 15) is 4.79 Å². The van der Waals surface area contributed by atoms with E-state index >= 15 is 0 Å². The van der Waals surface area contributed by atoms with E-state index in [0.29, 0.717) is 12.2 Å². The molecule has 0 N–H and O–H groups in total. The van der Waals surface area contributed by atoms with Gasteiger partial charge in [-0.1, -0.05) is 36.9 Å². The number of quaternary nitrogens is 1. The average Bonchev–Trinajstić information content (AvgIpc) is 2.35. The van der Waals surface area contributed by atoms with Gasteiger partial charge in [0, 0.05) is 11.1 Å². The highest BCUT2D eigenvalue weighted by molar-refractivity contribution is 5.86. The van der Waals surface area contributed by atoms with E-state index in [1.165, 1.54) is 5.56 Å². The fourth-order valence-corrected chi connectivity index (χ4v) is 1.73. The van der Waals surface area contributed by atoms with E-state index in [4.69, 9.17) is 4.74 Å². The van der Waals surface area contributed by atoms with Crippen molar-refractivity contribution in [3.63, 3.8) is 0 Å². The van der Waals surface area contributed by atoms with Gasteiger partial charge in [-0.15, -0.1) is 0 Å².